The zero-order chi connectivity index (χ0) is 20.1. The number of ether oxygens (including phenoxy) is 1. The van der Waals surface area contributed by atoms with Crippen LogP contribution in [0.5, 0.6) is 0 Å². The van der Waals surface area contributed by atoms with Crippen LogP contribution in [-0.2, 0) is 25.5 Å². The molecule has 1 saturated heterocycles. The monoisotopic (exact) mass is 390 g/mol. The summed E-state index contributed by atoms with van der Waals surface area (Å²) in [5.41, 5.74) is 1.87. The lowest BCUT2D eigenvalue weighted by molar-refractivity contribution is -0.149. The topological polar surface area (TPSA) is 66.9 Å². The zero-order valence-corrected chi connectivity index (χ0v) is 16.3. The van der Waals surface area contributed by atoms with E-state index < -0.39 is 0 Å². The van der Waals surface area contributed by atoms with Crippen LogP contribution in [0.3, 0.4) is 0 Å². The fourth-order valence-corrected chi connectivity index (χ4v) is 4.04. The molecule has 1 unspecified atom stereocenters. The molecule has 0 N–H and O–H groups in total. The third-order valence-electron chi connectivity index (χ3n) is 5.61. The summed E-state index contributed by atoms with van der Waals surface area (Å²) in [6.45, 7) is 1.13. The summed E-state index contributed by atoms with van der Waals surface area (Å²) in [5, 5.41) is 0. The third-order valence-corrected chi connectivity index (χ3v) is 5.61. The maximum absolute atomic E-state index is 13.7. The normalized spacial score (nSPS) is 18.5. The van der Waals surface area contributed by atoms with Gasteiger partial charge in [-0.2, -0.15) is 0 Å². The molecule has 0 spiro atoms. The van der Waals surface area contributed by atoms with Gasteiger partial charge in [-0.25, -0.2) is 4.39 Å². The van der Waals surface area contributed by atoms with Gasteiger partial charge in [0.05, 0.1) is 19.7 Å². The number of halogens is 1. The third kappa shape index (κ3) is 4.69. The van der Waals surface area contributed by atoms with Crippen LogP contribution in [0.1, 0.15) is 55.7 Å². The number of hydrogen-bond acceptors (Lipinski definition) is 4. The first-order valence-corrected chi connectivity index (χ1v) is 9.92. The highest BCUT2D eigenvalue weighted by atomic mass is 19.1. The number of benzene rings is 1. The number of amides is 2. The van der Waals surface area contributed by atoms with Gasteiger partial charge in [-0.05, 0) is 42.5 Å². The Balaban J connectivity index is 1.52. The lowest BCUT2D eigenvalue weighted by Gasteiger charge is -2.44. The van der Waals surface area contributed by atoms with Gasteiger partial charge in [0.15, 0.2) is 0 Å². The second kappa shape index (κ2) is 9.17. The van der Waals surface area contributed by atoms with E-state index in [1.165, 1.54) is 19.2 Å². The van der Waals surface area contributed by atoms with Crippen molar-refractivity contribution in [2.24, 2.45) is 0 Å². The minimum absolute atomic E-state index is 0.0375. The predicted octanol–water partition coefficient (Wildman–Crippen LogP) is 2.61. The van der Waals surface area contributed by atoms with Gasteiger partial charge in [0, 0.05) is 25.9 Å². The largest absolute Gasteiger partial charge is 0.469 e. The molecule has 0 bridgehead atoms. The fraction of sp³-hybridized carbons (Fsp3) is 0.571. The Morgan fingerprint density at radius 2 is 1.93 bits per heavy atom. The van der Waals surface area contributed by atoms with Crippen molar-refractivity contribution in [1.29, 1.82) is 0 Å². The lowest BCUT2D eigenvalue weighted by Crippen LogP contribution is -2.55. The second-order valence-electron chi connectivity index (χ2n) is 7.46. The number of carbonyl (C=O) groups excluding carboxylic acids is 3. The Bertz CT molecular complexity index is 752. The van der Waals surface area contributed by atoms with E-state index >= 15 is 0 Å². The van der Waals surface area contributed by atoms with Crippen molar-refractivity contribution in [3.8, 4) is 0 Å². The van der Waals surface area contributed by atoms with Crippen LogP contribution in [0.25, 0.3) is 0 Å². The van der Waals surface area contributed by atoms with Gasteiger partial charge in [0.1, 0.15) is 5.82 Å². The van der Waals surface area contributed by atoms with Crippen LogP contribution >= 0.6 is 0 Å². The highest BCUT2D eigenvalue weighted by molar-refractivity contribution is 5.86. The van der Waals surface area contributed by atoms with Gasteiger partial charge in [0.25, 0.3) is 0 Å². The predicted molar refractivity (Wildman–Crippen MR) is 101 cm³/mol. The highest BCUT2D eigenvalue weighted by Gasteiger charge is 2.38. The van der Waals surface area contributed by atoms with Gasteiger partial charge < -0.3 is 14.5 Å². The maximum Gasteiger partial charge on any atom is 0.305 e. The number of carbonyl (C=O) groups is 3. The second-order valence-corrected chi connectivity index (χ2v) is 7.46. The van der Waals surface area contributed by atoms with Crippen molar-refractivity contribution in [3.05, 3.63) is 35.1 Å². The molecule has 0 aliphatic carbocycles. The summed E-state index contributed by atoms with van der Waals surface area (Å²) in [7, 11) is 1.38. The molecule has 7 heteroatoms. The smallest absolute Gasteiger partial charge is 0.305 e. The molecule has 0 radical (unpaired) electrons. The first-order chi connectivity index (χ1) is 13.5. The summed E-state index contributed by atoms with van der Waals surface area (Å²) in [6, 6.07) is 4.46. The Morgan fingerprint density at radius 1 is 1.18 bits per heavy atom. The van der Waals surface area contributed by atoms with Crippen LogP contribution in [0.15, 0.2) is 18.2 Å². The first-order valence-electron chi connectivity index (χ1n) is 9.92. The highest BCUT2D eigenvalue weighted by Crippen LogP contribution is 2.33. The number of piperazine rings is 1. The minimum atomic E-state index is -0.316. The van der Waals surface area contributed by atoms with Crippen molar-refractivity contribution < 1.29 is 23.5 Å². The van der Waals surface area contributed by atoms with Crippen LogP contribution < -0.4 is 0 Å². The van der Waals surface area contributed by atoms with Crippen molar-refractivity contribution in [1.82, 2.24) is 9.80 Å². The number of esters is 1. The van der Waals surface area contributed by atoms with E-state index in [9.17, 15) is 18.8 Å². The Kier molecular flexibility index (Phi) is 6.65. The minimum Gasteiger partial charge on any atom is -0.469 e. The van der Waals surface area contributed by atoms with Crippen LogP contribution in [0.4, 0.5) is 4.39 Å². The van der Waals surface area contributed by atoms with Crippen molar-refractivity contribution in [3.63, 3.8) is 0 Å². The molecule has 0 aromatic heterocycles. The van der Waals surface area contributed by atoms with E-state index in [1.807, 2.05) is 0 Å². The number of rotatable bonds is 7. The molecule has 1 aromatic carbocycles. The van der Waals surface area contributed by atoms with E-state index in [0.29, 0.717) is 25.9 Å². The van der Waals surface area contributed by atoms with E-state index in [-0.39, 0.29) is 36.2 Å². The van der Waals surface area contributed by atoms with E-state index in [1.54, 1.807) is 15.9 Å². The molecule has 28 heavy (non-hydrogen) atoms. The summed E-state index contributed by atoms with van der Waals surface area (Å²) in [6.07, 6.45) is 4.70. The Hall–Kier alpha value is -2.44. The molecular weight excluding hydrogens is 363 g/mol. The molecule has 2 amide bonds. The number of fused-ring (bicyclic) bond motifs is 3. The van der Waals surface area contributed by atoms with E-state index in [4.69, 9.17) is 0 Å². The van der Waals surface area contributed by atoms with Crippen LogP contribution in [-0.4, -0.2) is 54.3 Å². The number of nitrogens with zero attached hydrogens (tertiary/aromatic N) is 2. The summed E-state index contributed by atoms with van der Waals surface area (Å²) in [5.74, 6) is -0.637. The quantitative estimate of drug-likeness (QED) is 0.530. The number of unbranched alkanes of at least 4 members (excludes halogenated alkanes) is 3. The molecule has 0 saturated carbocycles. The first kappa shape index (κ1) is 20.3. The van der Waals surface area contributed by atoms with Crippen LogP contribution in [0.2, 0.25) is 0 Å². The maximum atomic E-state index is 13.7. The molecule has 3 rings (SSSR count). The molecule has 2 aliphatic heterocycles. The lowest BCUT2D eigenvalue weighted by atomic mass is 9.90. The molecular formula is C21H27FN2O4. The molecule has 1 fully saturated rings. The van der Waals surface area contributed by atoms with Crippen LogP contribution in [0, 0.1) is 5.82 Å². The summed E-state index contributed by atoms with van der Waals surface area (Å²) in [4.78, 5) is 39.6. The van der Waals surface area contributed by atoms with Gasteiger partial charge >= 0.3 is 5.97 Å². The Labute approximate surface area is 164 Å². The standard InChI is InChI=1S/C21H27FN2O4/c1-28-21(27)7-5-3-2-4-6-19(25)23-13-18-17-12-16(22)9-8-15(17)10-11-24(18)20(26)14-23/h8-9,12,18H,2-7,10-11,13-14H2,1H3. The van der Waals surface area contributed by atoms with Gasteiger partial charge in [-0.3, -0.25) is 14.4 Å². The SMILES string of the molecule is COC(=O)CCCCCCC(=O)N1CC(=O)N2CCc3ccc(F)cc3C2C1. The molecule has 1 aromatic rings. The van der Waals surface area contributed by atoms with Crippen molar-refractivity contribution in [2.75, 3.05) is 26.7 Å². The van der Waals surface area contributed by atoms with Crippen molar-refractivity contribution >= 4 is 17.8 Å². The summed E-state index contributed by atoms with van der Waals surface area (Å²) < 4.78 is 18.3. The average Bonchev–Trinajstić information content (AvgIpc) is 2.69. The number of hydrogen-bond donors (Lipinski definition) is 0. The molecule has 2 aliphatic rings. The van der Waals surface area contributed by atoms with Gasteiger partial charge in [-0.15, -0.1) is 0 Å². The molecule has 6 nitrogen and oxygen atoms in total. The molecule has 152 valence electrons. The molecule has 1 atom stereocenters. The molecule has 2 heterocycles. The zero-order valence-electron chi connectivity index (χ0n) is 16.3. The average molecular weight is 390 g/mol. The van der Waals surface area contributed by atoms with E-state index in [0.717, 1.165) is 43.2 Å². The summed E-state index contributed by atoms with van der Waals surface area (Å²) >= 11 is 0. The fourth-order valence-electron chi connectivity index (χ4n) is 4.04. The van der Waals surface area contributed by atoms with Gasteiger partial charge in [0.2, 0.25) is 11.8 Å². The Morgan fingerprint density at radius 3 is 2.68 bits per heavy atom. The van der Waals surface area contributed by atoms with Crippen molar-refractivity contribution in [2.45, 2.75) is 51.0 Å². The van der Waals surface area contributed by atoms with Gasteiger partial charge in [-0.1, -0.05) is 18.9 Å². The number of methoxy groups -OCH3 is 1. The van der Waals surface area contributed by atoms with E-state index in [2.05, 4.69) is 4.74 Å².